The van der Waals surface area contributed by atoms with Gasteiger partial charge >= 0.3 is 0 Å². The molecule has 6 nitrogen and oxygen atoms in total. The molecule has 122 valence electrons. The van der Waals surface area contributed by atoms with E-state index in [1.54, 1.807) is 17.0 Å². The van der Waals surface area contributed by atoms with Crippen LogP contribution in [-0.2, 0) is 10.7 Å². The highest BCUT2D eigenvalue weighted by Gasteiger charge is 2.34. The molecule has 1 amide bonds. The molecule has 1 heterocycles. The lowest BCUT2D eigenvalue weighted by atomic mass is 9.97. The van der Waals surface area contributed by atoms with Gasteiger partial charge in [0.05, 0.1) is 31.4 Å². The summed E-state index contributed by atoms with van der Waals surface area (Å²) in [6, 6.07) is 6.65. The number of hydrogen-bond donors (Lipinski definition) is 4. The molecular weight excluding hydrogens is 308 g/mol. The van der Waals surface area contributed by atoms with Gasteiger partial charge in [-0.15, -0.1) is 11.6 Å². The Kier molecular flexibility index (Phi) is 6.16. The summed E-state index contributed by atoms with van der Waals surface area (Å²) in [6.45, 7) is -0.0108. The van der Waals surface area contributed by atoms with Gasteiger partial charge in [0, 0.05) is 24.5 Å². The van der Waals surface area contributed by atoms with Crippen molar-refractivity contribution in [3.05, 3.63) is 29.8 Å². The summed E-state index contributed by atoms with van der Waals surface area (Å²) in [7, 11) is 0. The average molecular weight is 329 g/mol. The van der Waals surface area contributed by atoms with Crippen LogP contribution >= 0.6 is 11.6 Å². The summed E-state index contributed by atoms with van der Waals surface area (Å²) in [5.41, 5.74) is 1.61. The minimum absolute atomic E-state index is 0.00337. The zero-order valence-corrected chi connectivity index (χ0v) is 12.9. The van der Waals surface area contributed by atoms with E-state index < -0.39 is 18.2 Å². The molecule has 1 saturated heterocycles. The minimum atomic E-state index is -0.843. The molecule has 3 unspecified atom stereocenters. The highest BCUT2D eigenvalue weighted by molar-refractivity contribution is 6.17. The number of anilines is 1. The number of halogens is 1. The molecule has 3 atom stereocenters. The number of carbonyl (C=O) groups excluding carboxylic acids is 1. The van der Waals surface area contributed by atoms with Gasteiger partial charge in [-0.25, -0.2) is 0 Å². The Morgan fingerprint density at radius 2 is 2.00 bits per heavy atom. The maximum Gasteiger partial charge on any atom is 0.238 e. The van der Waals surface area contributed by atoms with E-state index >= 15 is 0 Å². The minimum Gasteiger partial charge on any atom is -0.395 e. The molecule has 1 aromatic rings. The van der Waals surface area contributed by atoms with Crippen molar-refractivity contribution in [2.24, 2.45) is 0 Å². The summed E-state index contributed by atoms with van der Waals surface area (Å²) >= 11 is 5.71. The van der Waals surface area contributed by atoms with Crippen LogP contribution < -0.4 is 5.32 Å². The van der Waals surface area contributed by atoms with Crippen LogP contribution in [0.4, 0.5) is 5.69 Å². The number of carbonyl (C=O) groups is 1. The molecule has 0 aliphatic carbocycles. The van der Waals surface area contributed by atoms with E-state index in [9.17, 15) is 20.1 Å². The zero-order chi connectivity index (χ0) is 16.1. The fourth-order valence-electron chi connectivity index (χ4n) is 2.64. The lowest BCUT2D eigenvalue weighted by molar-refractivity contribution is -0.122. The van der Waals surface area contributed by atoms with Gasteiger partial charge in [0.1, 0.15) is 0 Å². The predicted molar refractivity (Wildman–Crippen MR) is 83.7 cm³/mol. The first kappa shape index (κ1) is 17.2. The fraction of sp³-hybridized carbons (Fsp3) is 0.533. The third kappa shape index (κ3) is 4.41. The molecule has 0 radical (unpaired) electrons. The zero-order valence-electron chi connectivity index (χ0n) is 12.2. The first-order valence-electron chi connectivity index (χ1n) is 7.19. The maximum absolute atomic E-state index is 12.1. The predicted octanol–water partition coefficient (Wildman–Crippen LogP) is 0.152. The molecule has 4 N–H and O–H groups in total. The van der Waals surface area contributed by atoms with Crippen LogP contribution in [0.25, 0.3) is 0 Å². The molecule has 22 heavy (non-hydrogen) atoms. The first-order chi connectivity index (χ1) is 10.5. The standard InChI is InChI=1S/C15H21ClN2O4/c16-6-10-1-3-11(4-2-10)17-15(22)8-18-7-12(20)5-14(21)13(18)9-19/h1-4,12-14,19-21H,5-9H2,(H,17,22). The molecule has 0 bridgehead atoms. The smallest absolute Gasteiger partial charge is 0.238 e. The average Bonchev–Trinajstić information content (AvgIpc) is 2.47. The number of amides is 1. The van der Waals surface area contributed by atoms with Crippen LogP contribution in [0.1, 0.15) is 12.0 Å². The lowest BCUT2D eigenvalue weighted by Crippen LogP contribution is -2.56. The number of benzene rings is 1. The molecule has 1 aromatic carbocycles. The number of piperidine rings is 1. The van der Waals surface area contributed by atoms with Gasteiger partial charge in [-0.2, -0.15) is 0 Å². The molecule has 7 heteroatoms. The number of alkyl halides is 1. The van der Waals surface area contributed by atoms with Gasteiger partial charge in [0.25, 0.3) is 0 Å². The molecule has 0 aromatic heterocycles. The quantitative estimate of drug-likeness (QED) is 0.578. The van der Waals surface area contributed by atoms with E-state index in [1.165, 1.54) is 0 Å². The molecule has 0 spiro atoms. The first-order valence-corrected chi connectivity index (χ1v) is 7.72. The Morgan fingerprint density at radius 1 is 1.32 bits per heavy atom. The lowest BCUT2D eigenvalue weighted by Gasteiger charge is -2.39. The van der Waals surface area contributed by atoms with Crippen LogP contribution in [0.2, 0.25) is 0 Å². The monoisotopic (exact) mass is 328 g/mol. The summed E-state index contributed by atoms with van der Waals surface area (Å²) in [5, 5.41) is 31.7. The molecule has 1 aliphatic heterocycles. The molecular formula is C15H21ClN2O4. The molecule has 1 fully saturated rings. The van der Waals surface area contributed by atoms with Crippen molar-refractivity contribution in [3.8, 4) is 0 Å². The molecule has 0 saturated carbocycles. The highest BCUT2D eigenvalue weighted by Crippen LogP contribution is 2.18. The fourth-order valence-corrected chi connectivity index (χ4v) is 2.82. The largest absolute Gasteiger partial charge is 0.395 e. The van der Waals surface area contributed by atoms with Crippen LogP contribution in [0.3, 0.4) is 0 Å². The van der Waals surface area contributed by atoms with Gasteiger partial charge in [-0.1, -0.05) is 12.1 Å². The van der Waals surface area contributed by atoms with Gasteiger partial charge in [0.15, 0.2) is 0 Å². The van der Waals surface area contributed by atoms with Crippen LogP contribution in [-0.4, -0.2) is 64.1 Å². The van der Waals surface area contributed by atoms with Crippen molar-refractivity contribution in [1.29, 1.82) is 0 Å². The normalized spacial score (nSPS) is 25.9. The second kappa shape index (κ2) is 7.89. The van der Waals surface area contributed by atoms with Crippen molar-refractivity contribution in [3.63, 3.8) is 0 Å². The van der Waals surface area contributed by atoms with Crippen LogP contribution in [0.5, 0.6) is 0 Å². The highest BCUT2D eigenvalue weighted by atomic mass is 35.5. The molecule has 2 rings (SSSR count). The Morgan fingerprint density at radius 3 is 2.59 bits per heavy atom. The second-order valence-electron chi connectivity index (χ2n) is 5.51. The Hall–Kier alpha value is -1.18. The summed E-state index contributed by atoms with van der Waals surface area (Å²) in [6.07, 6.45) is -1.33. The SMILES string of the molecule is O=C(CN1CC(O)CC(O)C1CO)Nc1ccc(CCl)cc1. The molecule has 1 aliphatic rings. The summed E-state index contributed by atoms with van der Waals surface area (Å²) in [5.74, 6) is 0.147. The third-order valence-electron chi connectivity index (χ3n) is 3.80. The maximum atomic E-state index is 12.1. The third-order valence-corrected chi connectivity index (χ3v) is 4.11. The number of nitrogens with zero attached hydrogens (tertiary/aromatic N) is 1. The van der Waals surface area contributed by atoms with Gasteiger partial charge in [0.2, 0.25) is 5.91 Å². The van der Waals surface area contributed by atoms with E-state index in [1.807, 2.05) is 12.1 Å². The number of β-amino-alcohol motifs (C(OH)–C–C–N with tert-alkyl or cyclic N) is 1. The number of hydrogen-bond acceptors (Lipinski definition) is 5. The summed E-state index contributed by atoms with van der Waals surface area (Å²) < 4.78 is 0. The topological polar surface area (TPSA) is 93.0 Å². The van der Waals surface area contributed by atoms with E-state index in [-0.39, 0.29) is 32.0 Å². The van der Waals surface area contributed by atoms with Gasteiger partial charge in [-0.05, 0) is 17.7 Å². The Labute approximate surface area is 134 Å². The van der Waals surface area contributed by atoms with Crippen LogP contribution in [0, 0.1) is 0 Å². The van der Waals surface area contributed by atoms with Gasteiger partial charge < -0.3 is 20.6 Å². The van der Waals surface area contributed by atoms with Crippen molar-refractivity contribution in [2.45, 2.75) is 30.6 Å². The number of rotatable bonds is 5. The Bertz CT molecular complexity index is 497. The summed E-state index contributed by atoms with van der Waals surface area (Å²) in [4.78, 5) is 13.7. The van der Waals surface area contributed by atoms with E-state index in [0.717, 1.165) is 5.56 Å². The van der Waals surface area contributed by atoms with Crippen molar-refractivity contribution >= 4 is 23.2 Å². The Balaban J connectivity index is 1.94. The van der Waals surface area contributed by atoms with E-state index in [2.05, 4.69) is 5.32 Å². The number of likely N-dealkylation sites (tertiary alicyclic amines) is 1. The van der Waals surface area contributed by atoms with Crippen LogP contribution in [0.15, 0.2) is 24.3 Å². The van der Waals surface area contributed by atoms with Gasteiger partial charge in [-0.3, -0.25) is 9.69 Å². The van der Waals surface area contributed by atoms with Crippen molar-refractivity contribution in [2.75, 3.05) is 25.0 Å². The van der Waals surface area contributed by atoms with Crippen molar-refractivity contribution in [1.82, 2.24) is 4.90 Å². The second-order valence-corrected chi connectivity index (χ2v) is 5.78. The number of nitrogens with one attached hydrogen (secondary N) is 1. The number of aliphatic hydroxyl groups is 3. The number of aliphatic hydroxyl groups excluding tert-OH is 3. The van der Waals surface area contributed by atoms with E-state index in [4.69, 9.17) is 11.6 Å². The van der Waals surface area contributed by atoms with Crippen molar-refractivity contribution < 1.29 is 20.1 Å². The van der Waals surface area contributed by atoms with E-state index in [0.29, 0.717) is 11.6 Å².